The van der Waals surface area contributed by atoms with Crippen LogP contribution in [0.2, 0.25) is 0 Å². The topological polar surface area (TPSA) is 38.3 Å². The molecule has 0 saturated heterocycles. The van der Waals surface area contributed by atoms with Crippen molar-refractivity contribution in [1.29, 1.82) is 0 Å². The van der Waals surface area contributed by atoms with E-state index in [4.69, 9.17) is 0 Å². The fourth-order valence-electron chi connectivity index (χ4n) is 1.99. The van der Waals surface area contributed by atoms with Gasteiger partial charge in [-0.15, -0.1) is 11.8 Å². The predicted molar refractivity (Wildman–Crippen MR) is 86.8 cm³/mol. The number of rotatable bonds is 7. The zero-order chi connectivity index (χ0) is 16.7. The van der Waals surface area contributed by atoms with Gasteiger partial charge in [0.1, 0.15) is 5.75 Å². The average Bonchev–Trinajstić information content (AvgIpc) is 2.53. The second kappa shape index (κ2) is 8.53. The molecule has 0 aliphatic carbocycles. The van der Waals surface area contributed by atoms with E-state index in [1.54, 1.807) is 19.1 Å². The molecule has 23 heavy (non-hydrogen) atoms. The summed E-state index contributed by atoms with van der Waals surface area (Å²) in [5, 5.41) is 2.84. The van der Waals surface area contributed by atoms with Gasteiger partial charge in [-0.25, -0.2) is 0 Å². The summed E-state index contributed by atoms with van der Waals surface area (Å²) in [6, 6.07) is 15.7. The normalized spacial score (nSPS) is 12.0. The number of nitrogens with one attached hydrogen (secondary N) is 1. The van der Waals surface area contributed by atoms with Gasteiger partial charge in [-0.3, -0.25) is 4.79 Å². The molecule has 1 unspecified atom stereocenters. The van der Waals surface area contributed by atoms with Crippen LogP contribution in [0, 0.1) is 0 Å². The molecule has 0 fully saturated rings. The van der Waals surface area contributed by atoms with Gasteiger partial charge < -0.3 is 10.1 Å². The molecule has 1 N–H and O–H groups in total. The molecule has 6 heteroatoms. The number of amides is 1. The Morgan fingerprint density at radius 2 is 1.91 bits per heavy atom. The van der Waals surface area contributed by atoms with Gasteiger partial charge in [0.25, 0.3) is 0 Å². The molecule has 0 radical (unpaired) electrons. The number of thioether (sulfide) groups is 1. The van der Waals surface area contributed by atoms with Gasteiger partial charge in [-0.2, -0.15) is 8.78 Å². The third kappa shape index (κ3) is 5.90. The molecule has 0 saturated carbocycles. The first kappa shape index (κ1) is 17.3. The van der Waals surface area contributed by atoms with Crippen LogP contribution in [0.4, 0.5) is 8.78 Å². The van der Waals surface area contributed by atoms with Crippen molar-refractivity contribution in [3.8, 4) is 5.75 Å². The number of hydrogen-bond donors (Lipinski definition) is 1. The van der Waals surface area contributed by atoms with Crippen molar-refractivity contribution in [2.75, 3.05) is 5.75 Å². The van der Waals surface area contributed by atoms with E-state index < -0.39 is 6.61 Å². The van der Waals surface area contributed by atoms with Crippen LogP contribution in [0.3, 0.4) is 0 Å². The summed E-state index contributed by atoms with van der Waals surface area (Å²) in [5.74, 6) is 0.255. The smallest absolute Gasteiger partial charge is 0.387 e. The quantitative estimate of drug-likeness (QED) is 0.767. The second-order valence-electron chi connectivity index (χ2n) is 4.84. The van der Waals surface area contributed by atoms with Gasteiger partial charge in [0.05, 0.1) is 11.8 Å². The van der Waals surface area contributed by atoms with Gasteiger partial charge in [-0.1, -0.05) is 30.3 Å². The van der Waals surface area contributed by atoms with Crippen molar-refractivity contribution >= 4 is 17.7 Å². The summed E-state index contributed by atoms with van der Waals surface area (Å²) < 4.78 is 28.8. The lowest BCUT2D eigenvalue weighted by Gasteiger charge is -2.15. The minimum atomic E-state index is -2.86. The summed E-state index contributed by atoms with van der Waals surface area (Å²) in [5.41, 5.74) is 0.709. The monoisotopic (exact) mass is 337 g/mol. The van der Waals surface area contributed by atoms with Gasteiger partial charge in [0.15, 0.2) is 0 Å². The Balaban J connectivity index is 1.88. The average molecular weight is 337 g/mol. The molecule has 2 rings (SSSR count). The lowest BCUT2D eigenvalue weighted by atomic mass is 10.1. The Bertz CT molecular complexity index is 638. The van der Waals surface area contributed by atoms with Crippen LogP contribution in [-0.4, -0.2) is 18.3 Å². The van der Waals surface area contributed by atoms with Crippen molar-refractivity contribution < 1.29 is 18.3 Å². The highest BCUT2D eigenvalue weighted by Crippen LogP contribution is 2.21. The highest BCUT2D eigenvalue weighted by Gasteiger charge is 2.12. The van der Waals surface area contributed by atoms with Crippen molar-refractivity contribution in [3.63, 3.8) is 0 Å². The Labute approximate surface area is 138 Å². The van der Waals surface area contributed by atoms with Crippen LogP contribution in [0.25, 0.3) is 0 Å². The second-order valence-corrected chi connectivity index (χ2v) is 5.89. The van der Waals surface area contributed by atoms with E-state index in [-0.39, 0.29) is 17.7 Å². The molecule has 2 aromatic rings. The first-order chi connectivity index (χ1) is 11.0. The first-order valence-corrected chi connectivity index (χ1v) is 8.05. The van der Waals surface area contributed by atoms with Crippen LogP contribution >= 0.6 is 11.8 Å². The minimum Gasteiger partial charge on any atom is -0.435 e. The SMILES string of the molecule is CC(NC(=O)CSc1ccccc1)c1cccc(OC(F)F)c1. The lowest BCUT2D eigenvalue weighted by molar-refractivity contribution is -0.119. The zero-order valence-electron chi connectivity index (χ0n) is 12.5. The van der Waals surface area contributed by atoms with Gasteiger partial charge >= 0.3 is 6.61 Å². The van der Waals surface area contributed by atoms with Gasteiger partial charge in [0.2, 0.25) is 5.91 Å². The molecule has 122 valence electrons. The maximum Gasteiger partial charge on any atom is 0.387 e. The van der Waals surface area contributed by atoms with Crippen molar-refractivity contribution in [1.82, 2.24) is 5.32 Å². The zero-order valence-corrected chi connectivity index (χ0v) is 13.4. The van der Waals surface area contributed by atoms with E-state index in [1.807, 2.05) is 30.3 Å². The molecule has 0 aliphatic rings. The third-order valence-corrected chi connectivity index (χ3v) is 4.09. The van der Waals surface area contributed by atoms with Crippen LogP contribution in [0.1, 0.15) is 18.5 Å². The number of ether oxygens (including phenoxy) is 1. The van der Waals surface area contributed by atoms with E-state index >= 15 is 0 Å². The number of benzene rings is 2. The van der Waals surface area contributed by atoms with Crippen LogP contribution in [0.15, 0.2) is 59.5 Å². The predicted octanol–water partition coefficient (Wildman–Crippen LogP) is 4.26. The van der Waals surface area contributed by atoms with E-state index in [1.165, 1.54) is 23.9 Å². The molecule has 0 aliphatic heterocycles. The Morgan fingerprint density at radius 1 is 1.17 bits per heavy atom. The molecule has 1 atom stereocenters. The van der Waals surface area contributed by atoms with Crippen LogP contribution in [0.5, 0.6) is 5.75 Å². The Kier molecular flexibility index (Phi) is 6.40. The summed E-state index contributed by atoms with van der Waals surface area (Å²) in [4.78, 5) is 13.0. The maximum absolute atomic E-state index is 12.2. The molecular formula is C17H17F2NO2S. The van der Waals surface area contributed by atoms with E-state index in [0.29, 0.717) is 11.3 Å². The number of hydrogen-bond acceptors (Lipinski definition) is 3. The standard InChI is InChI=1S/C17H17F2NO2S/c1-12(13-6-5-7-14(10-13)22-17(18)19)20-16(21)11-23-15-8-3-2-4-9-15/h2-10,12,17H,11H2,1H3,(H,20,21). The van der Waals surface area contributed by atoms with Gasteiger partial charge in [0, 0.05) is 4.90 Å². The summed E-state index contributed by atoms with van der Waals surface area (Å²) >= 11 is 1.44. The Hall–Kier alpha value is -2.08. The molecule has 0 bridgehead atoms. The lowest BCUT2D eigenvalue weighted by Crippen LogP contribution is -2.28. The maximum atomic E-state index is 12.2. The van der Waals surface area contributed by atoms with E-state index in [2.05, 4.69) is 10.1 Å². The van der Waals surface area contributed by atoms with Crippen LogP contribution in [-0.2, 0) is 4.79 Å². The highest BCUT2D eigenvalue weighted by molar-refractivity contribution is 8.00. The fraction of sp³-hybridized carbons (Fsp3) is 0.235. The van der Waals surface area contributed by atoms with E-state index in [9.17, 15) is 13.6 Å². The highest BCUT2D eigenvalue weighted by atomic mass is 32.2. The Morgan fingerprint density at radius 3 is 2.61 bits per heavy atom. The van der Waals surface area contributed by atoms with Crippen molar-refractivity contribution in [3.05, 3.63) is 60.2 Å². The summed E-state index contributed by atoms with van der Waals surface area (Å²) in [7, 11) is 0. The minimum absolute atomic E-state index is 0.0808. The van der Waals surface area contributed by atoms with Crippen molar-refractivity contribution in [2.45, 2.75) is 24.5 Å². The van der Waals surface area contributed by atoms with E-state index in [0.717, 1.165) is 4.90 Å². The number of carbonyl (C=O) groups is 1. The number of alkyl halides is 2. The number of carbonyl (C=O) groups excluding carboxylic acids is 1. The number of halogens is 2. The summed E-state index contributed by atoms with van der Waals surface area (Å²) in [6.45, 7) is -1.07. The molecular weight excluding hydrogens is 320 g/mol. The molecule has 2 aromatic carbocycles. The van der Waals surface area contributed by atoms with Crippen molar-refractivity contribution in [2.24, 2.45) is 0 Å². The fourth-order valence-corrected chi connectivity index (χ4v) is 2.72. The third-order valence-electron chi connectivity index (χ3n) is 3.07. The van der Waals surface area contributed by atoms with Crippen LogP contribution < -0.4 is 10.1 Å². The first-order valence-electron chi connectivity index (χ1n) is 7.06. The largest absolute Gasteiger partial charge is 0.435 e. The molecule has 0 heterocycles. The van der Waals surface area contributed by atoms with Gasteiger partial charge in [-0.05, 0) is 36.8 Å². The molecule has 1 amide bonds. The molecule has 0 spiro atoms. The molecule has 0 aromatic heterocycles. The summed E-state index contributed by atoms with van der Waals surface area (Å²) in [6.07, 6.45) is 0. The molecule has 3 nitrogen and oxygen atoms in total.